The van der Waals surface area contributed by atoms with Crippen LogP contribution >= 0.6 is 0 Å². The largest absolute Gasteiger partial charge is 0.370 e. The summed E-state index contributed by atoms with van der Waals surface area (Å²) >= 11 is 0. The zero-order chi connectivity index (χ0) is 15.3. The minimum absolute atomic E-state index is 0.0443. The van der Waals surface area contributed by atoms with E-state index in [4.69, 9.17) is 4.98 Å². The summed E-state index contributed by atoms with van der Waals surface area (Å²) in [6.07, 6.45) is 1.18. The lowest BCUT2D eigenvalue weighted by Gasteiger charge is -2.25. The van der Waals surface area contributed by atoms with Crippen LogP contribution in [0.3, 0.4) is 0 Å². The molecule has 0 aliphatic heterocycles. The van der Waals surface area contributed by atoms with Crippen molar-refractivity contribution >= 4 is 11.6 Å². The minimum Gasteiger partial charge on any atom is -0.370 e. The van der Waals surface area contributed by atoms with Gasteiger partial charge in [-0.25, -0.2) is 9.97 Å². The van der Waals surface area contributed by atoms with Gasteiger partial charge in [-0.05, 0) is 12.8 Å². The molecule has 4 heteroatoms. The maximum absolute atomic E-state index is 4.75. The fraction of sp³-hybridized carbons (Fsp3) is 0.750. The van der Waals surface area contributed by atoms with E-state index >= 15 is 0 Å². The average Bonchev–Trinajstić information content (AvgIpc) is 2.37. The summed E-state index contributed by atoms with van der Waals surface area (Å²) in [5.74, 6) is 3.47. The van der Waals surface area contributed by atoms with Crippen molar-refractivity contribution in [3.05, 3.63) is 11.9 Å². The van der Waals surface area contributed by atoms with Crippen molar-refractivity contribution in [2.45, 2.75) is 53.4 Å². The van der Waals surface area contributed by atoms with Crippen molar-refractivity contribution in [2.24, 2.45) is 5.92 Å². The molecular weight excluding hydrogens is 248 g/mol. The van der Waals surface area contributed by atoms with E-state index < -0.39 is 0 Å². The molecule has 4 nitrogen and oxygen atoms in total. The van der Waals surface area contributed by atoms with Gasteiger partial charge in [0.1, 0.15) is 17.5 Å². The number of hydrogen-bond acceptors (Lipinski definition) is 4. The topological polar surface area (TPSA) is 41.0 Å². The van der Waals surface area contributed by atoms with E-state index in [1.165, 1.54) is 6.42 Å². The van der Waals surface area contributed by atoms with Gasteiger partial charge in [0.25, 0.3) is 0 Å². The minimum atomic E-state index is -0.0443. The molecule has 0 fully saturated rings. The summed E-state index contributed by atoms with van der Waals surface area (Å²) < 4.78 is 0. The number of anilines is 2. The third-order valence-corrected chi connectivity index (χ3v) is 3.41. The molecule has 1 unspecified atom stereocenters. The predicted molar refractivity (Wildman–Crippen MR) is 87.6 cm³/mol. The fourth-order valence-corrected chi connectivity index (χ4v) is 1.93. The van der Waals surface area contributed by atoms with E-state index in [0.29, 0.717) is 5.92 Å². The van der Waals surface area contributed by atoms with Crippen LogP contribution in [0.25, 0.3) is 0 Å². The van der Waals surface area contributed by atoms with Crippen molar-refractivity contribution in [1.82, 2.24) is 9.97 Å². The smallest absolute Gasteiger partial charge is 0.138 e. The van der Waals surface area contributed by atoms with Gasteiger partial charge in [0.2, 0.25) is 0 Å². The zero-order valence-corrected chi connectivity index (χ0v) is 14.1. The Labute approximate surface area is 124 Å². The summed E-state index contributed by atoms with van der Waals surface area (Å²) in [5.41, 5.74) is -0.0443. The normalized spacial score (nSPS) is 13.2. The number of nitrogens with zero attached hydrogens (tertiary/aromatic N) is 3. The van der Waals surface area contributed by atoms with E-state index in [2.05, 4.69) is 63.8 Å². The Kier molecular flexibility index (Phi) is 5.78. The van der Waals surface area contributed by atoms with Crippen LogP contribution in [0.2, 0.25) is 0 Å². The van der Waals surface area contributed by atoms with Gasteiger partial charge >= 0.3 is 0 Å². The molecule has 0 aliphatic rings. The lowest BCUT2D eigenvalue weighted by molar-refractivity contribution is 0.537. The quantitative estimate of drug-likeness (QED) is 0.861. The van der Waals surface area contributed by atoms with Crippen molar-refractivity contribution in [3.63, 3.8) is 0 Å². The van der Waals surface area contributed by atoms with Crippen molar-refractivity contribution in [3.8, 4) is 0 Å². The highest BCUT2D eigenvalue weighted by molar-refractivity contribution is 5.49. The molecule has 0 amide bonds. The number of rotatable bonds is 6. The molecule has 1 aromatic rings. The van der Waals surface area contributed by atoms with E-state index in [1.807, 2.05) is 6.07 Å². The molecule has 0 saturated carbocycles. The molecule has 0 aliphatic carbocycles. The standard InChI is InChI=1S/C16H30N4/c1-8-12(3)11-20(7)14-10-13(17-9-2)18-15(19-14)16(4,5)6/h10,12H,8-9,11H2,1-7H3,(H,17,18,19). The summed E-state index contributed by atoms with van der Waals surface area (Å²) in [6, 6.07) is 2.04. The molecule has 0 aromatic carbocycles. The van der Waals surface area contributed by atoms with Gasteiger partial charge in [0.05, 0.1) is 0 Å². The van der Waals surface area contributed by atoms with Gasteiger partial charge in [-0.3, -0.25) is 0 Å². The first-order valence-electron chi connectivity index (χ1n) is 7.62. The Morgan fingerprint density at radius 3 is 2.40 bits per heavy atom. The molecule has 114 valence electrons. The van der Waals surface area contributed by atoms with Crippen LogP contribution in [0.15, 0.2) is 6.07 Å². The van der Waals surface area contributed by atoms with Gasteiger partial charge in [-0.2, -0.15) is 0 Å². The van der Waals surface area contributed by atoms with Gasteiger partial charge in [0.15, 0.2) is 0 Å². The first-order chi connectivity index (χ1) is 9.27. The average molecular weight is 278 g/mol. The molecule has 20 heavy (non-hydrogen) atoms. The highest BCUT2D eigenvalue weighted by atomic mass is 15.2. The summed E-state index contributed by atoms with van der Waals surface area (Å²) in [4.78, 5) is 11.6. The van der Waals surface area contributed by atoms with Crippen molar-refractivity contribution in [2.75, 3.05) is 30.4 Å². The maximum atomic E-state index is 4.75. The second kappa shape index (κ2) is 6.91. The number of aromatic nitrogens is 2. The maximum Gasteiger partial charge on any atom is 0.138 e. The number of nitrogens with one attached hydrogen (secondary N) is 1. The lowest BCUT2D eigenvalue weighted by atomic mass is 9.96. The number of hydrogen-bond donors (Lipinski definition) is 1. The van der Waals surface area contributed by atoms with E-state index in [9.17, 15) is 0 Å². The van der Waals surface area contributed by atoms with Crippen LogP contribution in [-0.2, 0) is 5.41 Å². The SMILES string of the molecule is CCNc1cc(N(C)CC(C)CC)nc(C(C)(C)C)n1. The molecule has 1 N–H and O–H groups in total. The Bertz CT molecular complexity index is 423. The zero-order valence-electron chi connectivity index (χ0n) is 14.1. The first-order valence-corrected chi connectivity index (χ1v) is 7.62. The van der Waals surface area contributed by atoms with Crippen LogP contribution in [0.4, 0.5) is 11.6 Å². The van der Waals surface area contributed by atoms with Crippen LogP contribution in [0, 0.1) is 5.92 Å². The Hall–Kier alpha value is -1.32. The molecule has 1 atom stereocenters. The molecular formula is C16H30N4. The van der Waals surface area contributed by atoms with E-state index in [1.54, 1.807) is 0 Å². The van der Waals surface area contributed by atoms with Crippen LogP contribution < -0.4 is 10.2 Å². The van der Waals surface area contributed by atoms with Gasteiger partial charge in [-0.15, -0.1) is 0 Å². The van der Waals surface area contributed by atoms with E-state index in [0.717, 1.165) is 30.5 Å². The highest BCUT2D eigenvalue weighted by Crippen LogP contribution is 2.24. The molecule has 1 heterocycles. The molecule has 1 rings (SSSR count). The Morgan fingerprint density at radius 1 is 1.25 bits per heavy atom. The summed E-state index contributed by atoms with van der Waals surface area (Å²) in [7, 11) is 2.11. The predicted octanol–water partition coefficient (Wildman–Crippen LogP) is 3.69. The van der Waals surface area contributed by atoms with Gasteiger partial charge < -0.3 is 10.2 Å². The molecule has 0 spiro atoms. The van der Waals surface area contributed by atoms with Crippen molar-refractivity contribution in [1.29, 1.82) is 0 Å². The van der Waals surface area contributed by atoms with Crippen LogP contribution in [0.1, 0.15) is 53.8 Å². The summed E-state index contributed by atoms with van der Waals surface area (Å²) in [6.45, 7) is 14.9. The Balaban J connectivity index is 3.08. The van der Waals surface area contributed by atoms with E-state index in [-0.39, 0.29) is 5.41 Å². The molecule has 0 bridgehead atoms. The second-order valence-electron chi connectivity index (χ2n) is 6.61. The second-order valence-corrected chi connectivity index (χ2v) is 6.61. The van der Waals surface area contributed by atoms with Gasteiger partial charge in [0, 0.05) is 31.6 Å². The monoisotopic (exact) mass is 278 g/mol. The van der Waals surface area contributed by atoms with Crippen molar-refractivity contribution < 1.29 is 0 Å². The molecule has 0 radical (unpaired) electrons. The third kappa shape index (κ3) is 4.66. The molecule has 1 aromatic heterocycles. The third-order valence-electron chi connectivity index (χ3n) is 3.41. The van der Waals surface area contributed by atoms with Crippen LogP contribution in [0.5, 0.6) is 0 Å². The Morgan fingerprint density at radius 2 is 1.90 bits per heavy atom. The molecule has 0 saturated heterocycles. The van der Waals surface area contributed by atoms with Crippen LogP contribution in [-0.4, -0.2) is 30.1 Å². The lowest BCUT2D eigenvalue weighted by Crippen LogP contribution is -2.27. The fourth-order valence-electron chi connectivity index (χ4n) is 1.93. The summed E-state index contributed by atoms with van der Waals surface area (Å²) in [5, 5.41) is 3.30. The van der Waals surface area contributed by atoms with Gasteiger partial charge in [-0.1, -0.05) is 41.0 Å². The highest BCUT2D eigenvalue weighted by Gasteiger charge is 2.20. The first kappa shape index (κ1) is 16.7.